The van der Waals surface area contributed by atoms with Crippen LogP contribution in [-0.4, -0.2) is 22.3 Å². The van der Waals surface area contributed by atoms with E-state index in [4.69, 9.17) is 16.6 Å². The van der Waals surface area contributed by atoms with Gasteiger partial charge in [-0.25, -0.2) is 4.98 Å². The number of carbonyl (C=O) groups excluding carboxylic acids is 1. The van der Waals surface area contributed by atoms with Gasteiger partial charge in [0.25, 0.3) is 0 Å². The second-order valence-electron chi connectivity index (χ2n) is 7.79. The van der Waals surface area contributed by atoms with Crippen LogP contribution in [0.2, 0.25) is 5.02 Å². The lowest BCUT2D eigenvalue weighted by atomic mass is 10.1. The fourth-order valence-corrected chi connectivity index (χ4v) is 5.41. The van der Waals surface area contributed by atoms with Crippen molar-refractivity contribution in [2.45, 2.75) is 31.8 Å². The lowest BCUT2D eigenvalue weighted by molar-refractivity contribution is -0.117. The molecule has 0 radical (unpaired) electrons. The second kappa shape index (κ2) is 7.90. The molecule has 5 rings (SSSR count). The number of anilines is 1. The topological polar surface area (TPSA) is 45.2 Å². The Balaban J connectivity index is 1.21. The van der Waals surface area contributed by atoms with Crippen molar-refractivity contribution in [2.75, 3.05) is 11.9 Å². The molecule has 0 saturated heterocycles. The van der Waals surface area contributed by atoms with Gasteiger partial charge in [-0.15, -0.1) is 11.3 Å². The summed E-state index contributed by atoms with van der Waals surface area (Å²) >= 11 is 7.90. The Bertz CT molecular complexity index is 1040. The van der Waals surface area contributed by atoms with E-state index in [0.717, 1.165) is 53.9 Å². The molecule has 1 aromatic heterocycles. The number of halogens is 1. The van der Waals surface area contributed by atoms with Crippen LogP contribution in [0.5, 0.6) is 0 Å². The molecule has 1 fully saturated rings. The zero-order valence-electron chi connectivity index (χ0n) is 16.0. The van der Waals surface area contributed by atoms with Crippen LogP contribution < -0.4 is 5.32 Å². The van der Waals surface area contributed by atoms with E-state index in [1.165, 1.54) is 10.4 Å². The van der Waals surface area contributed by atoms with Crippen molar-refractivity contribution < 1.29 is 4.79 Å². The first-order chi connectivity index (χ1) is 14.2. The SMILES string of the molecule is O=C(Nc1nc2c(s1)CN(Cc1ccccc1)CC2)C1CC1c1ccccc1Cl. The molecular weight excluding hydrogens is 402 g/mol. The fraction of sp³-hybridized carbons (Fsp3) is 0.304. The van der Waals surface area contributed by atoms with Crippen molar-refractivity contribution in [1.29, 1.82) is 0 Å². The van der Waals surface area contributed by atoms with E-state index in [9.17, 15) is 4.79 Å². The van der Waals surface area contributed by atoms with Gasteiger partial charge in [-0.2, -0.15) is 0 Å². The van der Waals surface area contributed by atoms with Crippen molar-refractivity contribution in [1.82, 2.24) is 9.88 Å². The molecule has 2 aromatic carbocycles. The standard InChI is InChI=1S/C23H22ClN3OS/c24-19-9-5-4-8-16(19)17-12-18(17)22(28)26-23-25-20-10-11-27(14-21(20)29-23)13-15-6-2-1-3-7-15/h1-9,17-18H,10-14H2,(H,25,26,28). The molecule has 1 saturated carbocycles. The summed E-state index contributed by atoms with van der Waals surface area (Å²) in [6, 6.07) is 18.3. The van der Waals surface area contributed by atoms with E-state index in [1.54, 1.807) is 11.3 Å². The quantitative estimate of drug-likeness (QED) is 0.621. The first-order valence-electron chi connectivity index (χ1n) is 9.97. The van der Waals surface area contributed by atoms with E-state index in [2.05, 4.69) is 34.5 Å². The van der Waals surface area contributed by atoms with Gasteiger partial charge < -0.3 is 5.32 Å². The van der Waals surface area contributed by atoms with Crippen LogP contribution in [0.1, 0.15) is 34.0 Å². The zero-order valence-corrected chi connectivity index (χ0v) is 17.5. The molecule has 0 bridgehead atoms. The van der Waals surface area contributed by atoms with Crippen LogP contribution in [0.25, 0.3) is 0 Å². The highest BCUT2D eigenvalue weighted by Gasteiger charge is 2.45. The van der Waals surface area contributed by atoms with Crippen molar-refractivity contribution >= 4 is 34.0 Å². The molecule has 0 spiro atoms. The third-order valence-corrected chi connectivity index (χ3v) is 7.06. The fourth-order valence-electron chi connectivity index (χ4n) is 4.08. The third kappa shape index (κ3) is 4.08. The third-order valence-electron chi connectivity index (χ3n) is 5.72. The van der Waals surface area contributed by atoms with Gasteiger partial charge in [-0.3, -0.25) is 9.69 Å². The molecule has 29 heavy (non-hydrogen) atoms. The molecule has 2 heterocycles. The minimum absolute atomic E-state index is 0.00888. The number of fused-ring (bicyclic) bond motifs is 1. The number of nitrogens with zero attached hydrogens (tertiary/aromatic N) is 2. The number of nitrogens with one attached hydrogen (secondary N) is 1. The summed E-state index contributed by atoms with van der Waals surface area (Å²) in [5, 5.41) is 4.53. The van der Waals surface area contributed by atoms with Crippen LogP contribution in [0.4, 0.5) is 5.13 Å². The Morgan fingerprint density at radius 3 is 2.79 bits per heavy atom. The number of rotatable bonds is 5. The minimum Gasteiger partial charge on any atom is -0.302 e. The molecule has 2 atom stereocenters. The number of aromatic nitrogens is 1. The number of amides is 1. The van der Waals surface area contributed by atoms with Gasteiger partial charge >= 0.3 is 0 Å². The first-order valence-corrected chi connectivity index (χ1v) is 11.2. The zero-order chi connectivity index (χ0) is 19.8. The molecule has 2 aliphatic rings. The molecule has 148 valence electrons. The molecule has 3 aromatic rings. The van der Waals surface area contributed by atoms with Crippen molar-refractivity contribution in [3.05, 3.63) is 81.3 Å². The summed E-state index contributed by atoms with van der Waals surface area (Å²) in [6.45, 7) is 2.83. The average Bonchev–Trinajstić information content (AvgIpc) is 3.42. The van der Waals surface area contributed by atoms with E-state index < -0.39 is 0 Å². The van der Waals surface area contributed by atoms with Gasteiger partial charge in [0.15, 0.2) is 5.13 Å². The maximum atomic E-state index is 12.7. The lowest BCUT2D eigenvalue weighted by Crippen LogP contribution is -2.29. The molecule has 2 unspecified atom stereocenters. The van der Waals surface area contributed by atoms with Crippen LogP contribution in [0.3, 0.4) is 0 Å². The van der Waals surface area contributed by atoms with Gasteiger partial charge in [-0.1, -0.05) is 60.1 Å². The van der Waals surface area contributed by atoms with Crippen LogP contribution >= 0.6 is 22.9 Å². The number of hydrogen-bond acceptors (Lipinski definition) is 4. The normalized spacial score (nSPS) is 20.9. The molecule has 1 N–H and O–H groups in total. The van der Waals surface area contributed by atoms with Gasteiger partial charge in [-0.05, 0) is 29.5 Å². The monoisotopic (exact) mass is 423 g/mol. The molecule has 1 aliphatic carbocycles. The van der Waals surface area contributed by atoms with Crippen molar-refractivity contribution in [2.24, 2.45) is 5.92 Å². The molecule has 6 heteroatoms. The number of thiazole rings is 1. The summed E-state index contributed by atoms with van der Waals surface area (Å²) < 4.78 is 0. The van der Waals surface area contributed by atoms with Gasteiger partial charge in [0.05, 0.1) is 5.69 Å². The van der Waals surface area contributed by atoms with E-state index in [1.807, 2.05) is 30.3 Å². The summed E-state index contributed by atoms with van der Waals surface area (Å²) in [5.74, 6) is 0.271. The van der Waals surface area contributed by atoms with Crippen molar-refractivity contribution in [3.8, 4) is 0 Å². The van der Waals surface area contributed by atoms with Gasteiger partial charge in [0.1, 0.15) is 0 Å². The highest BCUT2D eigenvalue weighted by atomic mass is 35.5. The predicted molar refractivity (Wildman–Crippen MR) is 117 cm³/mol. The Labute approximate surface area is 179 Å². The molecule has 1 aliphatic heterocycles. The van der Waals surface area contributed by atoms with Crippen LogP contribution in [0, 0.1) is 5.92 Å². The predicted octanol–water partition coefficient (Wildman–Crippen LogP) is 5.10. The molecular formula is C23H22ClN3OS. The largest absolute Gasteiger partial charge is 0.302 e. The molecule has 1 amide bonds. The number of carbonyl (C=O) groups is 1. The van der Waals surface area contributed by atoms with Gasteiger partial charge in [0, 0.05) is 41.9 Å². The summed E-state index contributed by atoms with van der Waals surface area (Å²) in [4.78, 5) is 21.1. The maximum Gasteiger partial charge on any atom is 0.229 e. The average molecular weight is 424 g/mol. The number of hydrogen-bond donors (Lipinski definition) is 1. The highest BCUT2D eigenvalue weighted by Crippen LogP contribution is 2.50. The Hall–Kier alpha value is -2.21. The Kier molecular flexibility index (Phi) is 5.12. The summed E-state index contributed by atoms with van der Waals surface area (Å²) in [6.07, 6.45) is 1.78. The smallest absolute Gasteiger partial charge is 0.229 e. The van der Waals surface area contributed by atoms with E-state index in [-0.39, 0.29) is 17.7 Å². The number of benzene rings is 2. The minimum atomic E-state index is -0.00888. The lowest BCUT2D eigenvalue weighted by Gasteiger charge is -2.25. The van der Waals surface area contributed by atoms with Crippen molar-refractivity contribution in [3.63, 3.8) is 0 Å². The maximum absolute atomic E-state index is 12.7. The van der Waals surface area contributed by atoms with Gasteiger partial charge in [0.2, 0.25) is 5.91 Å². The van der Waals surface area contributed by atoms with Crippen LogP contribution in [0.15, 0.2) is 54.6 Å². The van der Waals surface area contributed by atoms with E-state index >= 15 is 0 Å². The summed E-state index contributed by atoms with van der Waals surface area (Å²) in [5.41, 5.74) is 3.53. The van der Waals surface area contributed by atoms with Crippen LogP contribution in [-0.2, 0) is 24.3 Å². The summed E-state index contributed by atoms with van der Waals surface area (Å²) in [7, 11) is 0. The highest BCUT2D eigenvalue weighted by molar-refractivity contribution is 7.15. The first kappa shape index (κ1) is 18.8. The van der Waals surface area contributed by atoms with E-state index in [0.29, 0.717) is 0 Å². The Morgan fingerprint density at radius 2 is 1.97 bits per heavy atom. The molecule has 4 nitrogen and oxygen atoms in total. The Morgan fingerprint density at radius 1 is 1.17 bits per heavy atom. The second-order valence-corrected chi connectivity index (χ2v) is 9.29.